The van der Waals surface area contributed by atoms with E-state index in [2.05, 4.69) is 27.7 Å². The molecule has 0 fully saturated rings. The van der Waals surface area contributed by atoms with Gasteiger partial charge in [-0.3, -0.25) is 37.3 Å². The predicted octanol–water partition coefficient (Wildman–Crippen LogP) is 22.2. The van der Waals surface area contributed by atoms with Gasteiger partial charge in [0, 0.05) is 25.7 Å². The van der Waals surface area contributed by atoms with Crippen LogP contribution in [0.3, 0.4) is 0 Å². The molecule has 0 aliphatic heterocycles. The van der Waals surface area contributed by atoms with Crippen molar-refractivity contribution >= 4 is 39.5 Å². The third kappa shape index (κ3) is 68.6. The van der Waals surface area contributed by atoms with E-state index in [0.29, 0.717) is 25.7 Å². The first-order valence-corrected chi connectivity index (χ1v) is 42.3. The topological polar surface area (TPSA) is 237 Å². The molecule has 0 heterocycles. The molecule has 0 aliphatic carbocycles. The quantitative estimate of drug-likeness (QED) is 0.0222. The van der Waals surface area contributed by atoms with Crippen LogP contribution in [0.25, 0.3) is 0 Å². The lowest BCUT2D eigenvalue weighted by molar-refractivity contribution is -0.161. The van der Waals surface area contributed by atoms with E-state index in [9.17, 15) is 43.2 Å². The molecule has 19 heteroatoms. The Morgan fingerprint density at radius 1 is 0.255 bits per heavy atom. The molecule has 2 unspecified atom stereocenters. The minimum atomic E-state index is -4.95. The Kier molecular flexibility index (Phi) is 68.1. The van der Waals surface area contributed by atoms with Crippen LogP contribution in [0.5, 0.6) is 0 Å². The molecule has 0 saturated heterocycles. The van der Waals surface area contributed by atoms with E-state index >= 15 is 0 Å². The summed E-state index contributed by atoms with van der Waals surface area (Å²) in [7, 11) is -9.90. The first-order valence-electron chi connectivity index (χ1n) is 39.3. The van der Waals surface area contributed by atoms with Gasteiger partial charge >= 0.3 is 39.5 Å². The molecule has 5 atom stereocenters. The summed E-state index contributed by atoms with van der Waals surface area (Å²) in [5.41, 5.74) is 0. The van der Waals surface area contributed by atoms with Crippen LogP contribution in [-0.4, -0.2) is 96.7 Å². The van der Waals surface area contributed by atoms with Crippen LogP contribution in [-0.2, 0) is 65.4 Å². The molecule has 17 nitrogen and oxygen atoms in total. The first-order chi connectivity index (χ1) is 45.7. The minimum Gasteiger partial charge on any atom is -0.462 e. The average Bonchev–Trinajstić information content (AvgIpc) is 1.68. The summed E-state index contributed by atoms with van der Waals surface area (Å²) in [6, 6.07) is 0. The normalized spacial score (nSPS) is 13.9. The fourth-order valence-corrected chi connectivity index (χ4v) is 13.2. The van der Waals surface area contributed by atoms with E-state index < -0.39 is 97.5 Å². The van der Waals surface area contributed by atoms with Crippen LogP contribution in [0.15, 0.2) is 0 Å². The second-order valence-electron chi connectivity index (χ2n) is 27.0. The van der Waals surface area contributed by atoms with Crippen LogP contribution < -0.4 is 0 Å². The van der Waals surface area contributed by atoms with Gasteiger partial charge in [0.05, 0.1) is 26.4 Å². The second kappa shape index (κ2) is 69.5. The number of aliphatic hydroxyl groups is 1. The highest BCUT2D eigenvalue weighted by molar-refractivity contribution is 7.47. The van der Waals surface area contributed by atoms with Crippen LogP contribution in [0, 0.1) is 0 Å². The van der Waals surface area contributed by atoms with Crippen LogP contribution in [0.2, 0.25) is 0 Å². The number of rotatable bonds is 76. The number of unbranched alkanes of at least 4 members (excludes halogenated alkanes) is 50. The maximum Gasteiger partial charge on any atom is 0.472 e. The molecule has 0 aromatic heterocycles. The lowest BCUT2D eigenvalue weighted by Gasteiger charge is -2.21. The van der Waals surface area contributed by atoms with E-state index in [1.807, 2.05) is 0 Å². The zero-order valence-electron chi connectivity index (χ0n) is 60.9. The molecule has 0 radical (unpaired) electrons. The monoisotopic (exact) mass is 1380 g/mol. The maximum absolute atomic E-state index is 13.1. The number of carbonyl (C=O) groups is 4. The number of phosphoric acid groups is 2. The van der Waals surface area contributed by atoms with Gasteiger partial charge in [0.25, 0.3) is 0 Å². The number of carbonyl (C=O) groups excluding carboxylic acids is 4. The molecule has 0 bridgehead atoms. The third-order valence-electron chi connectivity index (χ3n) is 17.6. The van der Waals surface area contributed by atoms with Gasteiger partial charge in [-0.15, -0.1) is 0 Å². The summed E-state index contributed by atoms with van der Waals surface area (Å²) in [4.78, 5) is 72.7. The smallest absolute Gasteiger partial charge is 0.462 e. The van der Waals surface area contributed by atoms with Crippen molar-refractivity contribution < 1.29 is 80.2 Å². The number of ether oxygens (including phenoxy) is 4. The van der Waals surface area contributed by atoms with Crippen molar-refractivity contribution in [3.05, 3.63) is 0 Å². The molecular weight excluding hydrogens is 1230 g/mol. The third-order valence-corrected chi connectivity index (χ3v) is 19.5. The van der Waals surface area contributed by atoms with Crippen molar-refractivity contribution in [3.8, 4) is 0 Å². The Bertz CT molecular complexity index is 1790. The van der Waals surface area contributed by atoms with E-state index in [4.69, 9.17) is 37.0 Å². The fraction of sp³-hybridized carbons (Fsp3) is 0.947. The van der Waals surface area contributed by atoms with Crippen molar-refractivity contribution in [1.29, 1.82) is 0 Å². The maximum atomic E-state index is 13.1. The Labute approximate surface area is 575 Å². The van der Waals surface area contributed by atoms with Gasteiger partial charge < -0.3 is 33.8 Å². The Balaban J connectivity index is 5.21. The first kappa shape index (κ1) is 92.1. The molecule has 0 aliphatic rings. The number of aliphatic hydroxyl groups excluding tert-OH is 1. The SMILES string of the molecule is CCCCCCCCCCCCCCCCCCCCCC(=O)O[C@H](COC(=O)CCCCCCCCCCCCCCC)COP(=O)(O)OC[C@@H](O)COP(=O)(O)OC[C@@H](COC(=O)CCCCCCCCCCC)OC(=O)CCCCCCCCCCCCCCC. The van der Waals surface area contributed by atoms with Crippen molar-refractivity contribution in [2.75, 3.05) is 39.6 Å². The summed E-state index contributed by atoms with van der Waals surface area (Å²) in [5, 5.41) is 10.6. The molecule has 0 amide bonds. The van der Waals surface area contributed by atoms with Crippen LogP contribution in [0.1, 0.15) is 400 Å². The van der Waals surface area contributed by atoms with Crippen molar-refractivity contribution in [1.82, 2.24) is 0 Å². The van der Waals surface area contributed by atoms with Gasteiger partial charge in [-0.2, -0.15) is 0 Å². The summed E-state index contributed by atoms with van der Waals surface area (Å²) in [6.45, 7) is 4.97. The van der Waals surface area contributed by atoms with Crippen molar-refractivity contribution in [2.45, 2.75) is 418 Å². The van der Waals surface area contributed by atoms with Gasteiger partial charge in [-0.05, 0) is 25.7 Å². The summed E-state index contributed by atoms with van der Waals surface area (Å²) in [5.74, 6) is -2.11. The Hall–Kier alpha value is -1.94. The van der Waals surface area contributed by atoms with E-state index in [1.54, 1.807) is 0 Å². The van der Waals surface area contributed by atoms with Crippen LogP contribution >= 0.6 is 15.6 Å². The largest absolute Gasteiger partial charge is 0.472 e. The molecule has 0 saturated carbocycles. The van der Waals surface area contributed by atoms with Gasteiger partial charge in [-0.1, -0.05) is 349 Å². The highest BCUT2D eigenvalue weighted by Crippen LogP contribution is 2.45. The summed E-state index contributed by atoms with van der Waals surface area (Å²) in [6.07, 6.45) is 59.6. The molecule has 0 rings (SSSR count). The summed E-state index contributed by atoms with van der Waals surface area (Å²) >= 11 is 0. The Morgan fingerprint density at radius 3 is 0.628 bits per heavy atom. The zero-order chi connectivity index (χ0) is 69.0. The predicted molar refractivity (Wildman–Crippen MR) is 382 cm³/mol. The zero-order valence-corrected chi connectivity index (χ0v) is 62.7. The highest BCUT2D eigenvalue weighted by Gasteiger charge is 2.30. The Morgan fingerprint density at radius 2 is 0.426 bits per heavy atom. The number of phosphoric ester groups is 2. The van der Waals surface area contributed by atoms with Gasteiger partial charge in [0.1, 0.15) is 19.3 Å². The highest BCUT2D eigenvalue weighted by atomic mass is 31.2. The van der Waals surface area contributed by atoms with E-state index in [-0.39, 0.29) is 25.7 Å². The lowest BCUT2D eigenvalue weighted by Crippen LogP contribution is -2.30. The number of esters is 4. The molecule has 558 valence electrons. The number of hydrogen-bond acceptors (Lipinski definition) is 15. The van der Waals surface area contributed by atoms with Gasteiger partial charge in [0.2, 0.25) is 0 Å². The van der Waals surface area contributed by atoms with E-state index in [0.717, 1.165) is 89.9 Å². The fourth-order valence-electron chi connectivity index (χ4n) is 11.6. The number of hydrogen-bond donors (Lipinski definition) is 3. The van der Waals surface area contributed by atoms with Crippen LogP contribution in [0.4, 0.5) is 0 Å². The molecular formula is C75H146O17P2. The average molecular weight is 1380 g/mol. The molecule has 0 aromatic rings. The van der Waals surface area contributed by atoms with Gasteiger partial charge in [-0.25, -0.2) is 9.13 Å². The molecule has 94 heavy (non-hydrogen) atoms. The lowest BCUT2D eigenvalue weighted by atomic mass is 10.0. The summed E-state index contributed by atoms with van der Waals surface area (Å²) < 4.78 is 68.5. The van der Waals surface area contributed by atoms with Gasteiger partial charge in [0.15, 0.2) is 12.2 Å². The minimum absolute atomic E-state index is 0.108. The standard InChI is InChI=1S/C75H146O17P2/c1-5-9-13-17-21-25-28-31-32-33-34-35-36-39-42-46-50-54-58-62-75(80)92-71(66-86-73(78)60-56-52-48-44-40-37-29-26-22-18-14-10-6-2)68-90-94(83,84)88-64-69(76)63-87-93(81,82)89-67-70(65-85-72(77)59-55-51-47-43-24-20-16-12-8-4)91-74(79)61-57-53-49-45-41-38-30-27-23-19-15-11-7-3/h69-71,76H,5-68H2,1-4H3,(H,81,82)(H,83,84)/t69-,70+,71+/m0/s1. The molecule has 0 spiro atoms. The van der Waals surface area contributed by atoms with Crippen molar-refractivity contribution in [3.63, 3.8) is 0 Å². The van der Waals surface area contributed by atoms with Crippen molar-refractivity contribution in [2.24, 2.45) is 0 Å². The molecule has 3 N–H and O–H groups in total. The molecule has 0 aromatic carbocycles. The van der Waals surface area contributed by atoms with E-state index in [1.165, 1.54) is 231 Å². The second-order valence-corrected chi connectivity index (χ2v) is 29.9.